The van der Waals surface area contributed by atoms with Gasteiger partial charge in [0.25, 0.3) is 0 Å². The summed E-state index contributed by atoms with van der Waals surface area (Å²) in [7, 11) is 0. The van der Waals surface area contributed by atoms with Gasteiger partial charge in [-0.1, -0.05) is 12.8 Å². The number of hydrogen-bond acceptors (Lipinski definition) is 7. The summed E-state index contributed by atoms with van der Waals surface area (Å²) in [5, 5.41) is 27.2. The molecule has 1 saturated heterocycles. The van der Waals surface area contributed by atoms with Gasteiger partial charge in [0.05, 0.1) is 0 Å². The second-order valence-electron chi connectivity index (χ2n) is 10.7. The fourth-order valence-corrected chi connectivity index (χ4v) is 3.84. The highest BCUT2D eigenvalue weighted by molar-refractivity contribution is 5.68. The lowest BCUT2D eigenvalue weighted by Crippen LogP contribution is -2.51. The standard InChI is InChI=1S/C12H23NO3.C11H22N2O3/c1-12(2,3)16-11(15)13-10-7-5-4-6-9(10)8-14;1-11(2,3)16-10(15)13-9-4-5-12-6-8(9)7-14/h9-10,14H,4-8H2,1-3H3,(H,13,15);8-9,12,14H,4-7H2,1-3H3,(H,13,15)/t9-,10+;8-,9+/m11/s1. The van der Waals surface area contributed by atoms with E-state index < -0.39 is 17.3 Å². The molecule has 9 heteroatoms. The minimum atomic E-state index is -0.480. The molecular weight excluding hydrogens is 414 g/mol. The van der Waals surface area contributed by atoms with Crippen LogP contribution in [0.1, 0.15) is 73.6 Å². The van der Waals surface area contributed by atoms with Crippen LogP contribution in [0.15, 0.2) is 0 Å². The second-order valence-corrected chi connectivity index (χ2v) is 10.7. The summed E-state index contributed by atoms with van der Waals surface area (Å²) in [6.07, 6.45) is 4.20. The number of rotatable bonds is 4. The Morgan fingerprint density at radius 1 is 0.812 bits per heavy atom. The van der Waals surface area contributed by atoms with Crippen molar-refractivity contribution in [2.75, 3.05) is 26.3 Å². The van der Waals surface area contributed by atoms with Crippen molar-refractivity contribution in [1.82, 2.24) is 16.0 Å². The van der Waals surface area contributed by atoms with Gasteiger partial charge in [-0.25, -0.2) is 9.59 Å². The van der Waals surface area contributed by atoms with E-state index in [9.17, 15) is 19.8 Å². The van der Waals surface area contributed by atoms with E-state index in [4.69, 9.17) is 9.47 Å². The van der Waals surface area contributed by atoms with Crippen LogP contribution in [0.25, 0.3) is 0 Å². The van der Waals surface area contributed by atoms with Gasteiger partial charge >= 0.3 is 12.2 Å². The number of aliphatic hydroxyl groups is 2. The van der Waals surface area contributed by atoms with E-state index in [1.54, 1.807) is 0 Å². The first-order chi connectivity index (χ1) is 14.8. The predicted molar refractivity (Wildman–Crippen MR) is 123 cm³/mol. The highest BCUT2D eigenvalue weighted by Crippen LogP contribution is 2.24. The van der Waals surface area contributed by atoms with E-state index in [0.717, 1.165) is 45.2 Å². The first-order valence-corrected chi connectivity index (χ1v) is 11.8. The highest BCUT2D eigenvalue weighted by atomic mass is 16.6. The second kappa shape index (κ2) is 13.2. The number of carbonyl (C=O) groups excluding carboxylic acids is 2. The Morgan fingerprint density at radius 2 is 1.28 bits per heavy atom. The third kappa shape index (κ3) is 11.9. The van der Waals surface area contributed by atoms with Gasteiger partial charge in [0.15, 0.2) is 0 Å². The minimum absolute atomic E-state index is 0.00102. The third-order valence-electron chi connectivity index (χ3n) is 5.39. The van der Waals surface area contributed by atoms with Crippen LogP contribution in [0.3, 0.4) is 0 Å². The molecule has 4 atom stereocenters. The summed E-state index contributed by atoms with van der Waals surface area (Å²) >= 11 is 0. The van der Waals surface area contributed by atoms with Crippen molar-refractivity contribution in [3.8, 4) is 0 Å². The van der Waals surface area contributed by atoms with Crippen molar-refractivity contribution in [3.63, 3.8) is 0 Å². The maximum Gasteiger partial charge on any atom is 0.407 e. The van der Waals surface area contributed by atoms with E-state index >= 15 is 0 Å². The molecule has 2 amide bonds. The molecule has 0 aromatic carbocycles. The molecule has 1 heterocycles. The van der Waals surface area contributed by atoms with Gasteiger partial charge in [-0.2, -0.15) is 0 Å². The summed E-state index contributed by atoms with van der Waals surface area (Å²) in [5.41, 5.74) is -0.945. The Bertz CT molecular complexity index is 523. The number of alkyl carbamates (subject to hydrolysis) is 2. The number of amides is 2. The van der Waals surface area contributed by atoms with Crippen molar-refractivity contribution in [2.24, 2.45) is 11.8 Å². The average Bonchev–Trinajstić information content (AvgIpc) is 2.66. The molecule has 188 valence electrons. The molecule has 5 N–H and O–H groups in total. The van der Waals surface area contributed by atoms with Crippen LogP contribution in [0.4, 0.5) is 9.59 Å². The fraction of sp³-hybridized carbons (Fsp3) is 0.913. The maximum atomic E-state index is 11.6. The number of aliphatic hydroxyl groups excluding tert-OH is 2. The zero-order valence-electron chi connectivity index (χ0n) is 20.7. The lowest BCUT2D eigenvalue weighted by Gasteiger charge is -2.32. The monoisotopic (exact) mass is 459 g/mol. The quantitative estimate of drug-likeness (QED) is 0.437. The summed E-state index contributed by atoms with van der Waals surface area (Å²) < 4.78 is 10.4. The maximum absolute atomic E-state index is 11.6. The normalized spacial score (nSPS) is 26.2. The first kappa shape index (κ1) is 28.5. The molecule has 0 aromatic rings. The van der Waals surface area contributed by atoms with Crippen molar-refractivity contribution < 1.29 is 29.3 Å². The topological polar surface area (TPSA) is 129 Å². The Labute approximate surface area is 193 Å². The van der Waals surface area contributed by atoms with Gasteiger partial charge in [0.2, 0.25) is 0 Å². The van der Waals surface area contributed by atoms with Crippen LogP contribution < -0.4 is 16.0 Å². The molecule has 2 aliphatic rings. The van der Waals surface area contributed by atoms with Gasteiger partial charge in [0, 0.05) is 43.7 Å². The van der Waals surface area contributed by atoms with Crippen molar-refractivity contribution in [1.29, 1.82) is 0 Å². The van der Waals surface area contributed by atoms with Crippen LogP contribution in [0, 0.1) is 11.8 Å². The molecule has 32 heavy (non-hydrogen) atoms. The van der Waals surface area contributed by atoms with Crippen LogP contribution in [0.2, 0.25) is 0 Å². The Balaban J connectivity index is 0.000000320. The predicted octanol–water partition coefficient (Wildman–Crippen LogP) is 2.54. The van der Waals surface area contributed by atoms with E-state index in [1.807, 2.05) is 41.5 Å². The Morgan fingerprint density at radius 3 is 1.75 bits per heavy atom. The fourth-order valence-electron chi connectivity index (χ4n) is 3.84. The van der Waals surface area contributed by atoms with E-state index in [-0.39, 0.29) is 43.2 Å². The molecule has 1 saturated carbocycles. The number of hydrogen-bond donors (Lipinski definition) is 5. The zero-order chi connectivity index (χ0) is 24.4. The number of piperidine rings is 1. The summed E-state index contributed by atoms with van der Waals surface area (Å²) in [6, 6.07) is 0.0645. The number of ether oxygens (including phenoxy) is 2. The molecule has 1 aliphatic heterocycles. The molecule has 0 spiro atoms. The molecule has 2 rings (SSSR count). The van der Waals surface area contributed by atoms with Gasteiger partial charge in [-0.15, -0.1) is 0 Å². The molecule has 0 aromatic heterocycles. The summed E-state index contributed by atoms with van der Waals surface area (Å²) in [5.74, 6) is 0.252. The molecule has 9 nitrogen and oxygen atoms in total. The van der Waals surface area contributed by atoms with Crippen LogP contribution in [0.5, 0.6) is 0 Å². The van der Waals surface area contributed by atoms with Gasteiger partial charge in [0.1, 0.15) is 11.2 Å². The highest BCUT2D eigenvalue weighted by Gasteiger charge is 2.28. The van der Waals surface area contributed by atoms with Crippen LogP contribution in [-0.2, 0) is 9.47 Å². The van der Waals surface area contributed by atoms with Crippen molar-refractivity contribution in [3.05, 3.63) is 0 Å². The van der Waals surface area contributed by atoms with Gasteiger partial charge in [-0.05, 0) is 67.3 Å². The largest absolute Gasteiger partial charge is 0.444 e. The molecular formula is C23H45N3O6. The minimum Gasteiger partial charge on any atom is -0.444 e. The van der Waals surface area contributed by atoms with Crippen LogP contribution >= 0.6 is 0 Å². The first-order valence-electron chi connectivity index (χ1n) is 11.8. The van der Waals surface area contributed by atoms with Gasteiger partial charge in [-0.3, -0.25) is 0 Å². The Hall–Kier alpha value is -1.58. The Kier molecular flexibility index (Phi) is 11.7. The van der Waals surface area contributed by atoms with E-state index in [1.165, 1.54) is 0 Å². The third-order valence-corrected chi connectivity index (χ3v) is 5.39. The molecule has 0 radical (unpaired) electrons. The van der Waals surface area contributed by atoms with E-state index in [0.29, 0.717) is 0 Å². The smallest absolute Gasteiger partial charge is 0.407 e. The molecule has 0 unspecified atom stereocenters. The number of carbonyl (C=O) groups is 2. The molecule has 0 bridgehead atoms. The average molecular weight is 460 g/mol. The summed E-state index contributed by atoms with van der Waals surface area (Å²) in [4.78, 5) is 23.1. The lowest BCUT2D eigenvalue weighted by atomic mass is 9.85. The lowest BCUT2D eigenvalue weighted by molar-refractivity contribution is 0.0436. The van der Waals surface area contributed by atoms with Crippen LogP contribution in [-0.4, -0.2) is 72.0 Å². The molecule has 1 aliphatic carbocycles. The number of nitrogens with one attached hydrogen (secondary N) is 3. The summed E-state index contributed by atoms with van der Waals surface area (Å²) in [6.45, 7) is 12.8. The SMILES string of the molecule is CC(C)(C)OC(=O)N[C@H]1CCCC[C@@H]1CO.CC(C)(C)OC(=O)N[C@H]1CCNC[C@@H]1CO. The van der Waals surface area contributed by atoms with E-state index in [2.05, 4.69) is 16.0 Å². The van der Waals surface area contributed by atoms with Crippen molar-refractivity contribution >= 4 is 12.2 Å². The zero-order valence-corrected chi connectivity index (χ0v) is 20.7. The molecule has 2 fully saturated rings. The van der Waals surface area contributed by atoms with Crippen molar-refractivity contribution in [2.45, 2.75) is 96.9 Å². The van der Waals surface area contributed by atoms with Gasteiger partial charge < -0.3 is 35.6 Å².